The van der Waals surface area contributed by atoms with E-state index in [2.05, 4.69) is 4.74 Å². The standard InChI is InChI=1S/C16H13FO4/c1-20-16(19)13-8-7-12(9-14(13)17)15(18)21-10-11-5-3-2-4-6-11/h2-9H,10H2,1H3. The highest BCUT2D eigenvalue weighted by atomic mass is 19.1. The van der Waals surface area contributed by atoms with Gasteiger partial charge in [-0.25, -0.2) is 14.0 Å². The molecule has 0 unspecified atom stereocenters. The van der Waals surface area contributed by atoms with Gasteiger partial charge in [0.25, 0.3) is 0 Å². The summed E-state index contributed by atoms with van der Waals surface area (Å²) in [7, 11) is 1.16. The van der Waals surface area contributed by atoms with Gasteiger partial charge >= 0.3 is 11.9 Å². The highest BCUT2D eigenvalue weighted by molar-refractivity contribution is 5.93. The predicted molar refractivity (Wildman–Crippen MR) is 73.3 cm³/mol. The molecule has 5 heteroatoms. The van der Waals surface area contributed by atoms with Gasteiger partial charge in [-0.15, -0.1) is 0 Å². The molecule has 0 aliphatic heterocycles. The van der Waals surface area contributed by atoms with Crippen LogP contribution in [0.3, 0.4) is 0 Å². The fraction of sp³-hybridized carbons (Fsp3) is 0.125. The molecule has 2 aromatic rings. The molecule has 0 bridgehead atoms. The summed E-state index contributed by atoms with van der Waals surface area (Å²) in [4.78, 5) is 23.1. The van der Waals surface area contributed by atoms with Crippen molar-refractivity contribution in [3.8, 4) is 0 Å². The van der Waals surface area contributed by atoms with Crippen molar-refractivity contribution in [3.63, 3.8) is 0 Å². The number of halogens is 1. The van der Waals surface area contributed by atoms with Crippen LogP contribution in [0, 0.1) is 5.82 Å². The van der Waals surface area contributed by atoms with Crippen LogP contribution in [0.5, 0.6) is 0 Å². The molecule has 0 saturated carbocycles. The van der Waals surface area contributed by atoms with Crippen molar-refractivity contribution < 1.29 is 23.5 Å². The summed E-state index contributed by atoms with van der Waals surface area (Å²) in [6.07, 6.45) is 0. The normalized spacial score (nSPS) is 10.0. The van der Waals surface area contributed by atoms with Crippen molar-refractivity contribution in [2.24, 2.45) is 0 Å². The summed E-state index contributed by atoms with van der Waals surface area (Å²) in [6, 6.07) is 12.6. The van der Waals surface area contributed by atoms with Gasteiger partial charge in [0.05, 0.1) is 18.2 Å². The van der Waals surface area contributed by atoms with Crippen LogP contribution in [0.2, 0.25) is 0 Å². The van der Waals surface area contributed by atoms with E-state index in [-0.39, 0.29) is 17.7 Å². The minimum atomic E-state index is -0.823. The quantitative estimate of drug-likeness (QED) is 0.812. The Morgan fingerprint density at radius 1 is 1.05 bits per heavy atom. The van der Waals surface area contributed by atoms with E-state index in [1.54, 1.807) is 0 Å². The zero-order valence-corrected chi connectivity index (χ0v) is 11.3. The highest BCUT2D eigenvalue weighted by Crippen LogP contribution is 2.13. The van der Waals surface area contributed by atoms with Crippen LogP contribution in [-0.2, 0) is 16.1 Å². The van der Waals surface area contributed by atoms with E-state index in [1.165, 1.54) is 12.1 Å². The minimum Gasteiger partial charge on any atom is -0.465 e. The van der Waals surface area contributed by atoms with Crippen LogP contribution >= 0.6 is 0 Å². The Hall–Kier alpha value is -2.69. The molecule has 21 heavy (non-hydrogen) atoms. The monoisotopic (exact) mass is 288 g/mol. The van der Waals surface area contributed by atoms with Crippen molar-refractivity contribution in [1.29, 1.82) is 0 Å². The number of methoxy groups -OCH3 is 1. The van der Waals surface area contributed by atoms with Crippen molar-refractivity contribution in [1.82, 2.24) is 0 Å². The first-order chi connectivity index (χ1) is 10.1. The maximum atomic E-state index is 13.7. The first-order valence-corrected chi connectivity index (χ1v) is 6.20. The van der Waals surface area contributed by atoms with Gasteiger partial charge in [0, 0.05) is 0 Å². The smallest absolute Gasteiger partial charge is 0.340 e. The number of hydrogen-bond acceptors (Lipinski definition) is 4. The fourth-order valence-electron chi connectivity index (χ4n) is 1.72. The molecule has 0 amide bonds. The summed E-state index contributed by atoms with van der Waals surface area (Å²) in [5.74, 6) is -2.28. The molecule has 0 radical (unpaired) electrons. The maximum Gasteiger partial charge on any atom is 0.340 e. The lowest BCUT2D eigenvalue weighted by Crippen LogP contribution is -2.09. The first kappa shape index (κ1) is 14.7. The molecule has 0 spiro atoms. The zero-order valence-electron chi connectivity index (χ0n) is 11.3. The van der Waals surface area contributed by atoms with Crippen LogP contribution in [0.1, 0.15) is 26.3 Å². The predicted octanol–water partition coefficient (Wildman–Crippen LogP) is 2.97. The molecule has 0 fully saturated rings. The third-order valence-corrected chi connectivity index (χ3v) is 2.82. The highest BCUT2D eigenvalue weighted by Gasteiger charge is 2.15. The molecule has 0 aliphatic carbocycles. The number of carbonyl (C=O) groups excluding carboxylic acids is 2. The molecule has 2 aromatic carbocycles. The molecule has 0 saturated heterocycles. The van der Waals surface area contributed by atoms with Crippen molar-refractivity contribution >= 4 is 11.9 Å². The minimum absolute atomic E-state index is 0.0380. The largest absolute Gasteiger partial charge is 0.465 e. The summed E-state index contributed by atoms with van der Waals surface area (Å²) >= 11 is 0. The van der Waals surface area contributed by atoms with Gasteiger partial charge in [0.1, 0.15) is 12.4 Å². The third kappa shape index (κ3) is 3.66. The van der Waals surface area contributed by atoms with E-state index >= 15 is 0 Å². The molecule has 0 atom stereocenters. The second-order valence-electron chi connectivity index (χ2n) is 4.25. The second kappa shape index (κ2) is 6.65. The van der Waals surface area contributed by atoms with Crippen LogP contribution in [0.25, 0.3) is 0 Å². The third-order valence-electron chi connectivity index (χ3n) is 2.82. The lowest BCUT2D eigenvalue weighted by Gasteiger charge is -2.06. The number of hydrogen-bond donors (Lipinski definition) is 0. The van der Waals surface area contributed by atoms with Gasteiger partial charge in [0.15, 0.2) is 0 Å². The lowest BCUT2D eigenvalue weighted by molar-refractivity contribution is 0.0470. The Morgan fingerprint density at radius 3 is 2.38 bits per heavy atom. The van der Waals surface area contributed by atoms with E-state index in [0.29, 0.717) is 0 Å². The SMILES string of the molecule is COC(=O)c1ccc(C(=O)OCc2ccccc2)cc1F. The molecule has 4 nitrogen and oxygen atoms in total. The second-order valence-corrected chi connectivity index (χ2v) is 4.25. The van der Waals surface area contributed by atoms with Gasteiger partial charge in [0.2, 0.25) is 0 Å². The Bertz CT molecular complexity index is 653. The molecular weight excluding hydrogens is 275 g/mol. The van der Waals surface area contributed by atoms with Crippen LogP contribution < -0.4 is 0 Å². The summed E-state index contributed by atoms with van der Waals surface area (Å²) < 4.78 is 23.2. The van der Waals surface area contributed by atoms with Crippen molar-refractivity contribution in [2.45, 2.75) is 6.61 Å². The molecule has 0 N–H and O–H groups in total. The van der Waals surface area contributed by atoms with E-state index in [0.717, 1.165) is 18.7 Å². The zero-order chi connectivity index (χ0) is 15.2. The summed E-state index contributed by atoms with van der Waals surface area (Å²) in [5.41, 5.74) is 0.644. The van der Waals surface area contributed by atoms with E-state index in [9.17, 15) is 14.0 Å². The average Bonchev–Trinajstić information content (AvgIpc) is 2.52. The number of esters is 2. The molecule has 0 heterocycles. The number of ether oxygens (including phenoxy) is 2. The van der Waals surface area contributed by atoms with Crippen molar-refractivity contribution in [3.05, 3.63) is 71.0 Å². The maximum absolute atomic E-state index is 13.7. The molecule has 2 rings (SSSR count). The van der Waals surface area contributed by atoms with Crippen molar-refractivity contribution in [2.75, 3.05) is 7.11 Å². The summed E-state index contributed by atoms with van der Waals surface area (Å²) in [5, 5.41) is 0. The Labute approximate surface area is 121 Å². The molecule has 0 aromatic heterocycles. The van der Waals surface area contributed by atoms with Gasteiger partial charge in [-0.2, -0.15) is 0 Å². The molecular formula is C16H13FO4. The van der Waals surface area contributed by atoms with E-state index in [1.807, 2.05) is 30.3 Å². The van der Waals surface area contributed by atoms with Crippen LogP contribution in [0.15, 0.2) is 48.5 Å². The summed E-state index contributed by atoms with van der Waals surface area (Å²) in [6.45, 7) is 0.0973. The van der Waals surface area contributed by atoms with E-state index in [4.69, 9.17) is 4.74 Å². The van der Waals surface area contributed by atoms with Gasteiger partial charge in [-0.05, 0) is 23.8 Å². The Morgan fingerprint density at radius 2 is 1.76 bits per heavy atom. The fourth-order valence-corrected chi connectivity index (χ4v) is 1.72. The average molecular weight is 288 g/mol. The van der Waals surface area contributed by atoms with Gasteiger partial charge in [-0.1, -0.05) is 30.3 Å². The number of rotatable bonds is 4. The van der Waals surface area contributed by atoms with E-state index < -0.39 is 17.8 Å². The van der Waals surface area contributed by atoms with Crippen LogP contribution in [0.4, 0.5) is 4.39 Å². The Balaban J connectivity index is 2.06. The van der Waals surface area contributed by atoms with Gasteiger partial charge < -0.3 is 9.47 Å². The topological polar surface area (TPSA) is 52.6 Å². The Kier molecular flexibility index (Phi) is 4.66. The van der Waals surface area contributed by atoms with Crippen LogP contribution in [-0.4, -0.2) is 19.0 Å². The first-order valence-electron chi connectivity index (χ1n) is 6.20. The number of carbonyl (C=O) groups is 2. The number of benzene rings is 2. The van der Waals surface area contributed by atoms with Gasteiger partial charge in [-0.3, -0.25) is 0 Å². The molecule has 0 aliphatic rings. The molecule has 108 valence electrons. The lowest BCUT2D eigenvalue weighted by atomic mass is 10.1.